The molecule has 27 heavy (non-hydrogen) atoms. The second-order valence-electron chi connectivity index (χ2n) is 6.06. The van der Waals surface area contributed by atoms with Crippen LogP contribution in [-0.2, 0) is 19.6 Å². The lowest BCUT2D eigenvalue weighted by molar-refractivity contribution is 0.685. The molecule has 6 nitrogen and oxygen atoms in total. The minimum atomic E-state index is 0. The molecule has 0 atom stereocenters. The average Bonchev–Trinajstić information content (AvgIpc) is 3.22. The molecule has 0 fully saturated rings. The summed E-state index contributed by atoms with van der Waals surface area (Å²) in [6, 6.07) is 10.3. The lowest BCUT2D eigenvalue weighted by atomic mass is 10.2. The summed E-state index contributed by atoms with van der Waals surface area (Å²) in [6.07, 6.45) is 3.94. The minimum Gasteiger partial charge on any atom is -0.352 e. The highest BCUT2D eigenvalue weighted by molar-refractivity contribution is 14.0. The minimum absolute atomic E-state index is 0. The molecular formula is C19H25IN6S. The number of hydrogen-bond acceptors (Lipinski definition) is 4. The Bertz CT molecular complexity index is 852. The predicted molar refractivity (Wildman–Crippen MR) is 122 cm³/mol. The zero-order valence-corrected chi connectivity index (χ0v) is 18.9. The van der Waals surface area contributed by atoms with Crippen LogP contribution < -0.4 is 10.6 Å². The third-order valence-electron chi connectivity index (χ3n) is 4.04. The summed E-state index contributed by atoms with van der Waals surface area (Å²) in [5, 5.41) is 12.1. The van der Waals surface area contributed by atoms with E-state index >= 15 is 0 Å². The van der Waals surface area contributed by atoms with Gasteiger partial charge in [0, 0.05) is 30.2 Å². The van der Waals surface area contributed by atoms with Crippen molar-refractivity contribution >= 4 is 41.3 Å². The summed E-state index contributed by atoms with van der Waals surface area (Å²) in [5.41, 5.74) is 3.45. The lowest BCUT2D eigenvalue weighted by Gasteiger charge is -2.09. The van der Waals surface area contributed by atoms with Crippen molar-refractivity contribution in [2.75, 3.05) is 7.05 Å². The number of halogens is 1. The van der Waals surface area contributed by atoms with E-state index in [1.54, 1.807) is 18.4 Å². The van der Waals surface area contributed by atoms with E-state index in [1.807, 2.05) is 36.0 Å². The molecule has 0 amide bonds. The van der Waals surface area contributed by atoms with Gasteiger partial charge in [0.1, 0.15) is 5.01 Å². The van der Waals surface area contributed by atoms with Crippen LogP contribution in [0.5, 0.6) is 0 Å². The van der Waals surface area contributed by atoms with Crippen LogP contribution in [0, 0.1) is 13.8 Å². The maximum absolute atomic E-state index is 4.54. The van der Waals surface area contributed by atoms with E-state index in [-0.39, 0.29) is 24.0 Å². The second-order valence-corrected chi connectivity index (χ2v) is 7.35. The quantitative estimate of drug-likeness (QED) is 0.312. The van der Waals surface area contributed by atoms with E-state index in [4.69, 9.17) is 0 Å². The third kappa shape index (κ3) is 6.31. The Balaban J connectivity index is 0.00000261. The molecule has 3 aromatic rings. The van der Waals surface area contributed by atoms with Crippen molar-refractivity contribution < 1.29 is 0 Å². The molecule has 3 rings (SSSR count). The van der Waals surface area contributed by atoms with Crippen molar-refractivity contribution in [2.45, 2.75) is 33.5 Å². The van der Waals surface area contributed by atoms with E-state index in [9.17, 15) is 0 Å². The van der Waals surface area contributed by atoms with Crippen LogP contribution in [0.2, 0.25) is 0 Å². The molecule has 0 saturated carbocycles. The number of thiazole rings is 1. The number of benzene rings is 1. The molecule has 0 aliphatic rings. The highest BCUT2D eigenvalue weighted by atomic mass is 127. The summed E-state index contributed by atoms with van der Waals surface area (Å²) >= 11 is 1.72. The van der Waals surface area contributed by atoms with E-state index in [0.29, 0.717) is 13.1 Å². The van der Waals surface area contributed by atoms with Crippen molar-refractivity contribution in [3.05, 3.63) is 69.4 Å². The Morgan fingerprint density at radius 2 is 1.85 bits per heavy atom. The number of aryl methyl sites for hydroxylation is 2. The summed E-state index contributed by atoms with van der Waals surface area (Å²) < 4.78 is 1.95. The fourth-order valence-electron chi connectivity index (χ4n) is 2.54. The van der Waals surface area contributed by atoms with Crippen molar-refractivity contribution in [1.29, 1.82) is 0 Å². The fourth-order valence-corrected chi connectivity index (χ4v) is 3.41. The molecule has 2 aromatic heterocycles. The Kier molecular flexibility index (Phi) is 8.23. The van der Waals surface area contributed by atoms with Crippen molar-refractivity contribution in [3.8, 4) is 0 Å². The molecule has 0 unspecified atom stereocenters. The highest BCUT2D eigenvalue weighted by Gasteiger charge is 2.06. The predicted octanol–water partition coefficient (Wildman–Crippen LogP) is 3.49. The number of aromatic nitrogens is 3. The van der Waals surface area contributed by atoms with Gasteiger partial charge >= 0.3 is 0 Å². The average molecular weight is 496 g/mol. The van der Waals surface area contributed by atoms with Gasteiger partial charge in [0.2, 0.25) is 0 Å². The molecule has 0 radical (unpaired) electrons. The van der Waals surface area contributed by atoms with Crippen molar-refractivity contribution in [3.63, 3.8) is 0 Å². The van der Waals surface area contributed by atoms with Gasteiger partial charge in [-0.3, -0.25) is 9.67 Å². The van der Waals surface area contributed by atoms with E-state index in [1.165, 1.54) is 10.4 Å². The fraction of sp³-hybridized carbons (Fsp3) is 0.316. The Morgan fingerprint density at radius 1 is 1.11 bits per heavy atom. The first-order chi connectivity index (χ1) is 12.6. The van der Waals surface area contributed by atoms with Crippen LogP contribution in [0.15, 0.2) is 47.7 Å². The number of nitrogens with one attached hydrogen (secondary N) is 2. The molecular weight excluding hydrogens is 471 g/mol. The maximum Gasteiger partial charge on any atom is 0.191 e. The number of guanidine groups is 1. The van der Waals surface area contributed by atoms with Crippen LogP contribution in [0.3, 0.4) is 0 Å². The number of nitrogens with zero attached hydrogens (tertiary/aromatic N) is 4. The molecule has 1 aromatic carbocycles. The Hall–Kier alpha value is -1.94. The Labute approximate surface area is 181 Å². The third-order valence-corrected chi connectivity index (χ3v) is 5.11. The first-order valence-electron chi connectivity index (χ1n) is 8.56. The van der Waals surface area contributed by atoms with Crippen molar-refractivity contribution in [2.24, 2.45) is 4.99 Å². The van der Waals surface area contributed by atoms with Crippen LogP contribution in [0.1, 0.15) is 26.7 Å². The number of aliphatic imine (C=N–C) groups is 1. The van der Waals surface area contributed by atoms with Gasteiger partial charge in [0.05, 0.1) is 25.0 Å². The molecule has 0 aliphatic carbocycles. The van der Waals surface area contributed by atoms with Gasteiger partial charge in [-0.1, -0.05) is 30.3 Å². The molecule has 0 spiro atoms. The van der Waals surface area contributed by atoms with Gasteiger partial charge in [-0.25, -0.2) is 4.98 Å². The summed E-state index contributed by atoms with van der Waals surface area (Å²) in [6.45, 7) is 6.25. The monoisotopic (exact) mass is 496 g/mol. The van der Waals surface area contributed by atoms with E-state index in [2.05, 4.69) is 51.0 Å². The van der Waals surface area contributed by atoms with Crippen molar-refractivity contribution in [1.82, 2.24) is 25.4 Å². The SMILES string of the molecule is CN=C(NCc1cnn(Cc2ccccc2)c1)NCc1nc(C)c(C)s1.I. The largest absolute Gasteiger partial charge is 0.352 e. The molecule has 144 valence electrons. The second kappa shape index (κ2) is 10.4. The summed E-state index contributed by atoms with van der Waals surface area (Å²) in [4.78, 5) is 10.1. The number of hydrogen-bond donors (Lipinski definition) is 2. The zero-order valence-electron chi connectivity index (χ0n) is 15.8. The highest BCUT2D eigenvalue weighted by Crippen LogP contribution is 2.15. The summed E-state index contributed by atoms with van der Waals surface area (Å²) in [5.74, 6) is 0.756. The van der Waals surface area contributed by atoms with Gasteiger partial charge < -0.3 is 10.6 Å². The molecule has 2 heterocycles. The van der Waals surface area contributed by atoms with E-state index < -0.39 is 0 Å². The molecule has 0 bridgehead atoms. The molecule has 0 aliphatic heterocycles. The van der Waals surface area contributed by atoms with E-state index in [0.717, 1.165) is 28.8 Å². The normalized spacial score (nSPS) is 11.1. The Morgan fingerprint density at radius 3 is 2.52 bits per heavy atom. The summed E-state index contributed by atoms with van der Waals surface area (Å²) in [7, 11) is 1.77. The molecule has 8 heteroatoms. The smallest absolute Gasteiger partial charge is 0.191 e. The standard InChI is InChI=1S/C19H24N6S.HI/c1-14-15(2)26-18(24-14)11-22-19(20-3)21-9-17-10-23-25(13-17)12-16-7-5-4-6-8-16;/h4-8,10,13H,9,11-12H2,1-3H3,(H2,20,21,22);1H. The van der Waals surface area contributed by atoms with Gasteiger partial charge in [-0.05, 0) is 19.4 Å². The maximum atomic E-state index is 4.54. The van der Waals surface area contributed by atoms with Crippen LogP contribution in [0.4, 0.5) is 0 Å². The number of rotatable bonds is 6. The van der Waals surface area contributed by atoms with Crippen LogP contribution >= 0.6 is 35.3 Å². The topological polar surface area (TPSA) is 67.1 Å². The van der Waals surface area contributed by atoms with Gasteiger partial charge in [0.25, 0.3) is 0 Å². The molecule has 2 N–H and O–H groups in total. The van der Waals surface area contributed by atoms with Gasteiger partial charge in [-0.2, -0.15) is 5.10 Å². The molecule has 0 saturated heterocycles. The lowest BCUT2D eigenvalue weighted by Crippen LogP contribution is -2.36. The zero-order chi connectivity index (χ0) is 18.4. The first kappa shape index (κ1) is 21.4. The first-order valence-corrected chi connectivity index (χ1v) is 9.38. The van der Waals surface area contributed by atoms with Crippen LogP contribution in [-0.4, -0.2) is 27.8 Å². The van der Waals surface area contributed by atoms with Crippen LogP contribution in [0.25, 0.3) is 0 Å². The van der Waals surface area contributed by atoms with Gasteiger partial charge in [-0.15, -0.1) is 35.3 Å². The van der Waals surface area contributed by atoms with Gasteiger partial charge in [0.15, 0.2) is 5.96 Å².